The maximum atomic E-state index is 4.94. The van der Waals surface area contributed by atoms with Crippen LogP contribution in [0.4, 0.5) is 5.69 Å². The quantitative estimate of drug-likeness (QED) is 0.161. The SMILES string of the molecule is CSC(=Nc1c2ccccc2nc2ccccc12)N(C)N=C(C)C.I. The lowest BCUT2D eigenvalue weighted by Gasteiger charge is -2.15. The first-order valence-corrected chi connectivity index (χ1v) is 8.98. The lowest BCUT2D eigenvalue weighted by atomic mass is 10.1. The second kappa shape index (κ2) is 8.62. The average Bonchev–Trinajstić information content (AvgIpc) is 2.57. The van der Waals surface area contributed by atoms with Gasteiger partial charge in [0, 0.05) is 23.5 Å². The van der Waals surface area contributed by atoms with Gasteiger partial charge >= 0.3 is 0 Å². The van der Waals surface area contributed by atoms with Gasteiger partial charge in [-0.15, -0.1) is 24.0 Å². The molecule has 1 aromatic heterocycles. The Kier molecular flexibility index (Phi) is 6.78. The monoisotopic (exact) mass is 464 g/mol. The molecule has 3 aromatic rings. The molecule has 0 atom stereocenters. The molecule has 2 aromatic carbocycles. The molecule has 0 saturated heterocycles. The maximum Gasteiger partial charge on any atom is 0.184 e. The van der Waals surface area contributed by atoms with Crippen molar-refractivity contribution in [1.29, 1.82) is 0 Å². The number of fused-ring (bicyclic) bond motifs is 2. The molecule has 1 heterocycles. The summed E-state index contributed by atoms with van der Waals surface area (Å²) in [7, 11) is 1.92. The molecule has 0 aliphatic rings. The number of pyridine rings is 1. The molecular weight excluding hydrogens is 443 g/mol. The number of hydrogen-bond donors (Lipinski definition) is 0. The summed E-state index contributed by atoms with van der Waals surface area (Å²) in [5, 5.41) is 9.25. The predicted octanol–water partition coefficient (Wildman–Crippen LogP) is 5.68. The van der Waals surface area contributed by atoms with E-state index < -0.39 is 0 Å². The molecule has 0 unspecified atom stereocenters. The average molecular weight is 464 g/mol. The van der Waals surface area contributed by atoms with Crippen LogP contribution in [0.3, 0.4) is 0 Å². The van der Waals surface area contributed by atoms with Gasteiger partial charge in [0.05, 0.1) is 16.7 Å². The van der Waals surface area contributed by atoms with Gasteiger partial charge < -0.3 is 0 Å². The Morgan fingerprint density at radius 3 is 1.96 bits per heavy atom. The Bertz CT molecular complexity index is 894. The molecule has 4 nitrogen and oxygen atoms in total. The number of aliphatic imine (C=N–C) groups is 1. The fourth-order valence-corrected chi connectivity index (χ4v) is 3.11. The van der Waals surface area contributed by atoms with E-state index in [0.29, 0.717) is 0 Å². The van der Waals surface area contributed by atoms with Crippen molar-refractivity contribution in [2.75, 3.05) is 13.3 Å². The summed E-state index contributed by atoms with van der Waals surface area (Å²) in [5.41, 5.74) is 3.83. The third-order valence-corrected chi connectivity index (χ3v) is 4.30. The Morgan fingerprint density at radius 1 is 0.960 bits per heavy atom. The zero-order valence-corrected chi connectivity index (χ0v) is 17.9. The number of aromatic nitrogens is 1. The maximum absolute atomic E-state index is 4.94. The molecule has 0 N–H and O–H groups in total. The Balaban J connectivity index is 0.00000225. The van der Waals surface area contributed by atoms with Crippen molar-refractivity contribution >= 4 is 74.1 Å². The van der Waals surface area contributed by atoms with Crippen LogP contribution in [0.2, 0.25) is 0 Å². The number of hydrogen-bond acceptors (Lipinski definition) is 4. The number of nitrogens with zero attached hydrogens (tertiary/aromatic N) is 4. The number of hydrazone groups is 1. The Labute approximate surface area is 169 Å². The summed E-state index contributed by atoms with van der Waals surface area (Å²) in [4.78, 5) is 9.69. The van der Waals surface area contributed by atoms with Crippen LogP contribution in [0.25, 0.3) is 21.8 Å². The molecule has 0 amide bonds. The molecule has 0 aliphatic carbocycles. The van der Waals surface area contributed by atoms with Gasteiger partial charge in [-0.1, -0.05) is 48.2 Å². The van der Waals surface area contributed by atoms with Crippen LogP contribution < -0.4 is 0 Å². The molecule has 130 valence electrons. The molecule has 25 heavy (non-hydrogen) atoms. The van der Waals surface area contributed by atoms with E-state index in [9.17, 15) is 0 Å². The zero-order valence-electron chi connectivity index (χ0n) is 14.7. The van der Waals surface area contributed by atoms with Gasteiger partial charge in [0.15, 0.2) is 5.17 Å². The number of amidine groups is 1. The summed E-state index contributed by atoms with van der Waals surface area (Å²) in [5.74, 6) is 0. The third kappa shape index (κ3) is 4.30. The molecule has 3 rings (SSSR count). The van der Waals surface area contributed by atoms with E-state index in [-0.39, 0.29) is 24.0 Å². The molecule has 0 aliphatic heterocycles. The van der Waals surface area contributed by atoms with Gasteiger partial charge in [-0.05, 0) is 32.2 Å². The first-order chi connectivity index (χ1) is 11.6. The highest BCUT2D eigenvalue weighted by atomic mass is 127. The summed E-state index contributed by atoms with van der Waals surface area (Å²) >= 11 is 1.58. The first-order valence-electron chi connectivity index (χ1n) is 7.76. The highest BCUT2D eigenvalue weighted by Gasteiger charge is 2.11. The van der Waals surface area contributed by atoms with Crippen molar-refractivity contribution in [3.8, 4) is 0 Å². The van der Waals surface area contributed by atoms with Gasteiger partial charge in [-0.25, -0.2) is 15.0 Å². The first kappa shape index (κ1) is 19.7. The number of thioether (sulfide) groups is 1. The summed E-state index contributed by atoms with van der Waals surface area (Å²) in [6.45, 7) is 3.96. The second-order valence-corrected chi connectivity index (χ2v) is 6.44. The topological polar surface area (TPSA) is 40.9 Å². The Hall–Kier alpha value is -1.67. The van der Waals surface area contributed by atoms with Crippen LogP contribution in [0.15, 0.2) is 58.6 Å². The van der Waals surface area contributed by atoms with Crippen LogP contribution in [0.5, 0.6) is 0 Å². The fraction of sp³-hybridized carbons (Fsp3) is 0.211. The van der Waals surface area contributed by atoms with Crippen LogP contribution in [0, 0.1) is 0 Å². The number of rotatable bonds is 2. The van der Waals surface area contributed by atoms with Crippen molar-refractivity contribution in [3.63, 3.8) is 0 Å². The Morgan fingerprint density at radius 2 is 1.48 bits per heavy atom. The molecule has 0 radical (unpaired) electrons. The van der Waals surface area contributed by atoms with Gasteiger partial charge in [-0.2, -0.15) is 5.10 Å². The zero-order chi connectivity index (χ0) is 17.1. The highest BCUT2D eigenvalue weighted by molar-refractivity contribution is 14.0. The lowest BCUT2D eigenvalue weighted by Crippen LogP contribution is -2.18. The van der Waals surface area contributed by atoms with E-state index in [1.165, 1.54) is 0 Å². The largest absolute Gasteiger partial charge is 0.248 e. The van der Waals surface area contributed by atoms with Gasteiger partial charge in [0.1, 0.15) is 0 Å². The lowest BCUT2D eigenvalue weighted by molar-refractivity contribution is 0.555. The molecule has 0 bridgehead atoms. The summed E-state index contributed by atoms with van der Waals surface area (Å²) in [6.07, 6.45) is 2.02. The molecule has 0 spiro atoms. The molecule has 0 fully saturated rings. The summed E-state index contributed by atoms with van der Waals surface area (Å²) in [6, 6.07) is 16.2. The predicted molar refractivity (Wildman–Crippen MR) is 122 cm³/mol. The van der Waals surface area contributed by atoms with E-state index in [4.69, 9.17) is 9.98 Å². The number of para-hydroxylation sites is 2. The molecular formula is C19H21IN4S. The van der Waals surface area contributed by atoms with Crippen molar-refractivity contribution in [1.82, 2.24) is 9.99 Å². The van der Waals surface area contributed by atoms with E-state index in [1.54, 1.807) is 11.8 Å². The van der Waals surface area contributed by atoms with E-state index >= 15 is 0 Å². The highest BCUT2D eigenvalue weighted by Crippen LogP contribution is 2.33. The van der Waals surface area contributed by atoms with Crippen LogP contribution >= 0.6 is 35.7 Å². The van der Waals surface area contributed by atoms with Crippen molar-refractivity contribution in [2.24, 2.45) is 10.1 Å². The van der Waals surface area contributed by atoms with Crippen LogP contribution in [-0.4, -0.2) is 34.2 Å². The fourth-order valence-electron chi connectivity index (χ4n) is 2.63. The summed E-state index contributed by atoms with van der Waals surface area (Å²) < 4.78 is 0. The molecule has 0 saturated carbocycles. The van der Waals surface area contributed by atoms with Crippen molar-refractivity contribution < 1.29 is 0 Å². The minimum atomic E-state index is 0. The number of benzene rings is 2. The van der Waals surface area contributed by atoms with Crippen molar-refractivity contribution in [2.45, 2.75) is 13.8 Å². The van der Waals surface area contributed by atoms with E-state index in [0.717, 1.165) is 38.4 Å². The number of halogens is 1. The van der Waals surface area contributed by atoms with Gasteiger partial charge in [0.25, 0.3) is 0 Å². The van der Waals surface area contributed by atoms with E-state index in [2.05, 4.69) is 17.2 Å². The molecule has 6 heteroatoms. The standard InChI is InChI=1S/C19H20N4S.HI/c1-13(2)22-23(3)19(24-4)21-18-14-9-5-7-11-16(14)20-17-12-8-6-10-15(17)18;/h5-12H,1-4H3;1H. The minimum absolute atomic E-state index is 0. The van der Waals surface area contributed by atoms with Crippen molar-refractivity contribution in [3.05, 3.63) is 48.5 Å². The van der Waals surface area contributed by atoms with Gasteiger partial charge in [-0.3, -0.25) is 0 Å². The second-order valence-electron chi connectivity index (χ2n) is 5.66. The smallest absolute Gasteiger partial charge is 0.184 e. The van der Waals surface area contributed by atoms with E-state index in [1.807, 2.05) is 68.6 Å². The van der Waals surface area contributed by atoms with Gasteiger partial charge in [0.2, 0.25) is 0 Å². The minimum Gasteiger partial charge on any atom is -0.248 e. The normalized spacial score (nSPS) is 11.3. The third-order valence-electron chi connectivity index (χ3n) is 3.58. The van der Waals surface area contributed by atoms with Crippen LogP contribution in [0.1, 0.15) is 13.8 Å². The van der Waals surface area contributed by atoms with Crippen LogP contribution in [-0.2, 0) is 0 Å².